The highest BCUT2D eigenvalue weighted by molar-refractivity contribution is 7.89. The molecule has 2 amide bonds. The topological polar surface area (TPSA) is 86.8 Å². The quantitative estimate of drug-likeness (QED) is 0.698. The Bertz CT molecular complexity index is 1070. The summed E-state index contributed by atoms with van der Waals surface area (Å²) in [6.07, 6.45) is 0. The first-order chi connectivity index (χ1) is 14.2. The number of benzene rings is 2. The van der Waals surface area contributed by atoms with Crippen LogP contribution in [0.3, 0.4) is 0 Å². The molecule has 1 N–H and O–H groups in total. The first-order valence-electron chi connectivity index (χ1n) is 8.96. The van der Waals surface area contributed by atoms with E-state index < -0.39 is 15.9 Å². The zero-order valence-corrected chi connectivity index (χ0v) is 18.7. The van der Waals surface area contributed by atoms with Gasteiger partial charge >= 0.3 is 0 Å². The molecule has 11 heteroatoms. The molecule has 0 atom stereocenters. The molecule has 160 valence electrons. The lowest BCUT2D eigenvalue weighted by Crippen LogP contribution is -2.52. The number of nitrogens with zero attached hydrogens (tertiary/aromatic N) is 2. The summed E-state index contributed by atoms with van der Waals surface area (Å²) >= 11 is 17.8. The number of carbonyl (C=O) groups excluding carboxylic acids is 2. The summed E-state index contributed by atoms with van der Waals surface area (Å²) in [5, 5.41) is 3.10. The third-order valence-electron chi connectivity index (χ3n) is 4.61. The Morgan fingerprint density at radius 3 is 2.30 bits per heavy atom. The number of amides is 2. The predicted molar refractivity (Wildman–Crippen MR) is 116 cm³/mol. The summed E-state index contributed by atoms with van der Waals surface area (Å²) in [4.78, 5) is 26.0. The summed E-state index contributed by atoms with van der Waals surface area (Å²) in [6, 6.07) is 10.8. The molecule has 1 saturated heterocycles. The Labute approximate surface area is 189 Å². The Kier molecular flexibility index (Phi) is 7.26. The third kappa shape index (κ3) is 5.07. The Balaban J connectivity index is 1.56. The molecule has 30 heavy (non-hydrogen) atoms. The van der Waals surface area contributed by atoms with Gasteiger partial charge in [-0.3, -0.25) is 9.59 Å². The predicted octanol–water partition coefficient (Wildman–Crippen LogP) is 2.91. The van der Waals surface area contributed by atoms with Crippen molar-refractivity contribution < 1.29 is 18.0 Å². The molecule has 0 bridgehead atoms. The van der Waals surface area contributed by atoms with Crippen LogP contribution in [0.1, 0.15) is 10.4 Å². The number of rotatable bonds is 5. The molecule has 1 aliphatic heterocycles. The van der Waals surface area contributed by atoms with E-state index in [2.05, 4.69) is 5.32 Å². The van der Waals surface area contributed by atoms with Crippen LogP contribution in [0.2, 0.25) is 15.1 Å². The van der Waals surface area contributed by atoms with Crippen molar-refractivity contribution in [2.24, 2.45) is 0 Å². The monoisotopic (exact) mass is 489 g/mol. The van der Waals surface area contributed by atoms with Gasteiger partial charge in [0.05, 0.1) is 16.6 Å². The second-order valence-electron chi connectivity index (χ2n) is 6.53. The lowest BCUT2D eigenvalue weighted by atomic mass is 10.2. The van der Waals surface area contributed by atoms with Crippen LogP contribution in [0, 0.1) is 0 Å². The molecule has 0 unspecified atom stereocenters. The van der Waals surface area contributed by atoms with Gasteiger partial charge in [0.2, 0.25) is 15.9 Å². The van der Waals surface area contributed by atoms with Gasteiger partial charge in [-0.1, -0.05) is 46.9 Å². The molecule has 2 aromatic rings. The number of halogens is 3. The Morgan fingerprint density at radius 1 is 0.967 bits per heavy atom. The lowest BCUT2D eigenvalue weighted by Gasteiger charge is -2.34. The molecular weight excluding hydrogens is 473 g/mol. The van der Waals surface area contributed by atoms with Gasteiger partial charge in [-0.25, -0.2) is 8.42 Å². The zero-order chi connectivity index (χ0) is 21.9. The van der Waals surface area contributed by atoms with Crippen LogP contribution < -0.4 is 5.32 Å². The minimum Gasteiger partial charge on any atom is -0.343 e. The average Bonchev–Trinajstić information content (AvgIpc) is 2.73. The molecule has 0 radical (unpaired) electrons. The van der Waals surface area contributed by atoms with E-state index in [1.165, 1.54) is 33.5 Å². The SMILES string of the molecule is O=C(NCC(=O)N1CCN(S(=O)(=O)c2cccc(Cl)c2Cl)CC1)c1cccc(Cl)c1. The van der Waals surface area contributed by atoms with Crippen LogP contribution in [0.4, 0.5) is 0 Å². The van der Waals surface area contributed by atoms with Gasteiger partial charge < -0.3 is 10.2 Å². The van der Waals surface area contributed by atoms with Crippen molar-refractivity contribution in [3.63, 3.8) is 0 Å². The van der Waals surface area contributed by atoms with Crippen molar-refractivity contribution >= 4 is 56.6 Å². The molecule has 0 spiro atoms. The minimum atomic E-state index is -3.83. The van der Waals surface area contributed by atoms with Crippen LogP contribution in [0.25, 0.3) is 0 Å². The highest BCUT2D eigenvalue weighted by Crippen LogP contribution is 2.31. The summed E-state index contributed by atoms with van der Waals surface area (Å²) in [7, 11) is -3.83. The average molecular weight is 491 g/mol. The maximum atomic E-state index is 12.8. The first-order valence-corrected chi connectivity index (χ1v) is 11.5. The summed E-state index contributed by atoms with van der Waals surface area (Å²) < 4.78 is 27.0. The largest absolute Gasteiger partial charge is 0.343 e. The van der Waals surface area contributed by atoms with Crippen molar-refractivity contribution in [3.8, 4) is 0 Å². The number of carbonyl (C=O) groups is 2. The van der Waals surface area contributed by atoms with Crippen LogP contribution in [-0.2, 0) is 14.8 Å². The van der Waals surface area contributed by atoms with E-state index in [0.29, 0.717) is 10.6 Å². The second kappa shape index (κ2) is 9.53. The van der Waals surface area contributed by atoms with Crippen LogP contribution in [0.5, 0.6) is 0 Å². The minimum absolute atomic E-state index is 0.0265. The zero-order valence-electron chi connectivity index (χ0n) is 15.6. The fourth-order valence-electron chi connectivity index (χ4n) is 3.00. The molecule has 2 aromatic carbocycles. The molecule has 3 rings (SSSR count). The molecule has 1 fully saturated rings. The van der Waals surface area contributed by atoms with Crippen molar-refractivity contribution in [1.29, 1.82) is 0 Å². The van der Waals surface area contributed by atoms with Gasteiger partial charge in [0.1, 0.15) is 4.90 Å². The summed E-state index contributed by atoms with van der Waals surface area (Å²) in [6.45, 7) is 0.420. The highest BCUT2D eigenvalue weighted by Gasteiger charge is 2.32. The van der Waals surface area contributed by atoms with Crippen molar-refractivity contribution in [3.05, 3.63) is 63.1 Å². The Morgan fingerprint density at radius 2 is 1.63 bits per heavy atom. The van der Waals surface area contributed by atoms with Crippen LogP contribution in [-0.4, -0.2) is 62.2 Å². The van der Waals surface area contributed by atoms with Crippen molar-refractivity contribution in [1.82, 2.24) is 14.5 Å². The van der Waals surface area contributed by atoms with Gasteiger partial charge in [0.25, 0.3) is 5.91 Å². The smallest absolute Gasteiger partial charge is 0.251 e. The molecule has 0 aliphatic carbocycles. The van der Waals surface area contributed by atoms with Crippen LogP contribution >= 0.6 is 34.8 Å². The van der Waals surface area contributed by atoms with E-state index in [9.17, 15) is 18.0 Å². The number of sulfonamides is 1. The van der Waals surface area contributed by atoms with Gasteiger partial charge in [-0.2, -0.15) is 4.31 Å². The third-order valence-corrected chi connectivity index (χ3v) is 7.72. The van der Waals surface area contributed by atoms with E-state index in [0.717, 1.165) is 0 Å². The van der Waals surface area contributed by atoms with E-state index in [1.54, 1.807) is 18.2 Å². The van der Waals surface area contributed by atoms with Gasteiger partial charge in [-0.15, -0.1) is 0 Å². The summed E-state index contributed by atoms with van der Waals surface area (Å²) in [5.41, 5.74) is 0.351. The first kappa shape index (κ1) is 22.8. The van der Waals surface area contributed by atoms with E-state index in [1.807, 2.05) is 0 Å². The van der Waals surface area contributed by atoms with E-state index >= 15 is 0 Å². The molecular formula is C19H18Cl3N3O4S. The van der Waals surface area contributed by atoms with E-state index in [4.69, 9.17) is 34.8 Å². The maximum Gasteiger partial charge on any atom is 0.251 e. The fourth-order valence-corrected chi connectivity index (χ4v) is 5.35. The molecule has 1 heterocycles. The van der Waals surface area contributed by atoms with Gasteiger partial charge in [0.15, 0.2) is 0 Å². The van der Waals surface area contributed by atoms with E-state index in [-0.39, 0.29) is 53.6 Å². The molecule has 0 saturated carbocycles. The number of hydrogen-bond acceptors (Lipinski definition) is 4. The fraction of sp³-hybridized carbons (Fsp3) is 0.263. The number of nitrogens with one attached hydrogen (secondary N) is 1. The highest BCUT2D eigenvalue weighted by atomic mass is 35.5. The van der Waals surface area contributed by atoms with Crippen molar-refractivity contribution in [2.75, 3.05) is 32.7 Å². The summed E-state index contributed by atoms with van der Waals surface area (Å²) in [5.74, 6) is -0.717. The van der Waals surface area contributed by atoms with Crippen molar-refractivity contribution in [2.45, 2.75) is 4.90 Å². The van der Waals surface area contributed by atoms with Crippen LogP contribution in [0.15, 0.2) is 47.4 Å². The standard InChI is InChI=1S/C19H18Cl3N3O4S/c20-14-4-1-3-13(11-14)19(27)23-12-17(26)24-7-9-25(10-8-24)30(28,29)16-6-2-5-15(21)18(16)22/h1-6,11H,7-10,12H2,(H,23,27). The normalized spacial score (nSPS) is 15.1. The maximum absolute atomic E-state index is 12.8. The Hall–Kier alpha value is -1.84. The lowest BCUT2D eigenvalue weighted by molar-refractivity contribution is -0.131. The number of hydrogen-bond donors (Lipinski definition) is 1. The second-order valence-corrected chi connectivity index (χ2v) is 9.66. The molecule has 7 nitrogen and oxygen atoms in total. The van der Waals surface area contributed by atoms with Gasteiger partial charge in [0, 0.05) is 36.8 Å². The molecule has 0 aromatic heterocycles. The number of piperazine rings is 1. The van der Waals surface area contributed by atoms with Gasteiger partial charge in [-0.05, 0) is 30.3 Å². The molecule has 1 aliphatic rings.